The lowest BCUT2D eigenvalue weighted by atomic mass is 9.97. The summed E-state index contributed by atoms with van der Waals surface area (Å²) in [5.74, 6) is 0.0664. The Balaban J connectivity index is 1.69. The third-order valence-corrected chi connectivity index (χ3v) is 5.19. The fraction of sp³-hybridized carbons (Fsp3) is 0.455. The summed E-state index contributed by atoms with van der Waals surface area (Å²) in [6.07, 6.45) is 0.236. The van der Waals surface area contributed by atoms with Crippen LogP contribution in [0.1, 0.15) is 43.8 Å². The molecule has 6 nitrogen and oxygen atoms in total. The molecule has 28 heavy (non-hydrogen) atoms. The molecule has 2 heterocycles. The van der Waals surface area contributed by atoms with Gasteiger partial charge in [0.2, 0.25) is 0 Å². The van der Waals surface area contributed by atoms with Crippen molar-refractivity contribution in [1.29, 1.82) is 0 Å². The van der Waals surface area contributed by atoms with Gasteiger partial charge in [-0.1, -0.05) is 26.0 Å². The van der Waals surface area contributed by atoms with E-state index >= 15 is 0 Å². The number of rotatable bonds is 5. The number of benzene rings is 1. The fourth-order valence-corrected chi connectivity index (χ4v) is 3.87. The molecule has 1 aliphatic rings. The molecule has 1 atom stereocenters. The molecule has 0 bridgehead atoms. The molecule has 1 aromatic carbocycles. The molecule has 3 rings (SSSR count). The second kappa shape index (κ2) is 8.50. The second-order valence-electron chi connectivity index (χ2n) is 7.54. The first kappa shape index (κ1) is 20.0. The van der Waals surface area contributed by atoms with E-state index in [0.29, 0.717) is 19.1 Å². The minimum absolute atomic E-state index is 0.0468. The number of hydrogen-bond donors (Lipinski definition) is 1. The Morgan fingerprint density at radius 3 is 2.50 bits per heavy atom. The molecule has 1 aliphatic heterocycles. The second-order valence-corrected chi connectivity index (χ2v) is 7.54. The number of ether oxygens (including phenoxy) is 1. The Labute approximate surface area is 166 Å². The maximum Gasteiger partial charge on any atom is 0.322 e. The van der Waals surface area contributed by atoms with Crippen LogP contribution in [0.5, 0.6) is 0 Å². The molecule has 0 saturated heterocycles. The van der Waals surface area contributed by atoms with Gasteiger partial charge in [-0.05, 0) is 49.6 Å². The van der Waals surface area contributed by atoms with Crippen LogP contribution >= 0.6 is 0 Å². The van der Waals surface area contributed by atoms with Crippen molar-refractivity contribution in [3.63, 3.8) is 0 Å². The number of aryl methyl sites for hydroxylation is 1. The highest BCUT2D eigenvalue weighted by Gasteiger charge is 2.33. The molecule has 2 amide bonds. The fourth-order valence-electron chi connectivity index (χ4n) is 3.87. The van der Waals surface area contributed by atoms with E-state index in [9.17, 15) is 9.59 Å². The van der Waals surface area contributed by atoms with Gasteiger partial charge in [-0.3, -0.25) is 4.79 Å². The zero-order valence-electron chi connectivity index (χ0n) is 17.1. The van der Waals surface area contributed by atoms with E-state index in [1.807, 2.05) is 29.2 Å². The number of hydrogen-bond acceptors (Lipinski definition) is 3. The van der Waals surface area contributed by atoms with Crippen LogP contribution in [0.4, 0.5) is 10.5 Å². The summed E-state index contributed by atoms with van der Waals surface area (Å²) in [4.78, 5) is 26.5. The molecule has 150 valence electrons. The number of amides is 2. The molecule has 0 unspecified atom stereocenters. The summed E-state index contributed by atoms with van der Waals surface area (Å²) in [6, 6.07) is 11.5. The van der Waals surface area contributed by atoms with Gasteiger partial charge < -0.3 is 19.5 Å². The van der Waals surface area contributed by atoms with E-state index in [2.05, 4.69) is 42.8 Å². The standard InChI is InChI=1S/C22H29N3O3/c1-5-28-20(26)14-17-7-9-18(10-8-17)23-22(27)25-13-12-24-16(4)6-11-19(24)21(25)15(2)3/h6-11,15,21H,5,12-14H2,1-4H3,(H,23,27)/t21-/m1/s1. The Bertz CT molecular complexity index is 839. The number of nitrogens with zero attached hydrogens (tertiary/aromatic N) is 2. The highest BCUT2D eigenvalue weighted by Crippen LogP contribution is 2.33. The largest absolute Gasteiger partial charge is 0.466 e. The minimum atomic E-state index is -0.245. The molecule has 0 fully saturated rings. The van der Waals surface area contributed by atoms with Crippen molar-refractivity contribution >= 4 is 17.7 Å². The smallest absolute Gasteiger partial charge is 0.322 e. The van der Waals surface area contributed by atoms with Crippen LogP contribution in [0.25, 0.3) is 0 Å². The Kier molecular flexibility index (Phi) is 6.07. The van der Waals surface area contributed by atoms with Crippen LogP contribution in [0.2, 0.25) is 0 Å². The van der Waals surface area contributed by atoms with E-state index in [0.717, 1.165) is 17.8 Å². The topological polar surface area (TPSA) is 63.6 Å². The van der Waals surface area contributed by atoms with E-state index in [1.54, 1.807) is 6.92 Å². The van der Waals surface area contributed by atoms with E-state index in [1.165, 1.54) is 11.4 Å². The SMILES string of the molecule is CCOC(=O)Cc1ccc(NC(=O)N2CCn3c(C)ccc3[C@H]2C(C)C)cc1. The number of carbonyl (C=O) groups excluding carboxylic acids is 2. The normalized spacial score (nSPS) is 16.0. The number of aromatic nitrogens is 1. The molecule has 1 aromatic heterocycles. The zero-order chi connectivity index (χ0) is 20.3. The van der Waals surface area contributed by atoms with Crippen LogP contribution in [0.15, 0.2) is 36.4 Å². The van der Waals surface area contributed by atoms with Crippen LogP contribution in [-0.4, -0.2) is 34.6 Å². The van der Waals surface area contributed by atoms with E-state index in [4.69, 9.17) is 4.74 Å². The summed E-state index contributed by atoms with van der Waals surface area (Å²) in [7, 11) is 0. The summed E-state index contributed by atoms with van der Waals surface area (Å²) in [5, 5.41) is 3.00. The third-order valence-electron chi connectivity index (χ3n) is 5.19. The average Bonchev–Trinajstić information content (AvgIpc) is 3.03. The van der Waals surface area contributed by atoms with Crippen molar-refractivity contribution in [3.05, 3.63) is 53.3 Å². The van der Waals surface area contributed by atoms with Crippen LogP contribution in [0.3, 0.4) is 0 Å². The number of fused-ring (bicyclic) bond motifs is 1. The maximum absolute atomic E-state index is 13.0. The van der Waals surface area contributed by atoms with Crippen molar-refractivity contribution in [1.82, 2.24) is 9.47 Å². The Morgan fingerprint density at radius 2 is 1.86 bits per heavy atom. The van der Waals surface area contributed by atoms with Crippen molar-refractivity contribution < 1.29 is 14.3 Å². The highest BCUT2D eigenvalue weighted by atomic mass is 16.5. The van der Waals surface area contributed by atoms with Gasteiger partial charge in [0.1, 0.15) is 0 Å². The van der Waals surface area contributed by atoms with Crippen LogP contribution in [0, 0.1) is 12.8 Å². The van der Waals surface area contributed by atoms with Crippen molar-refractivity contribution in [2.45, 2.75) is 46.7 Å². The summed E-state index contributed by atoms with van der Waals surface area (Å²) in [6.45, 7) is 10.1. The lowest BCUT2D eigenvalue weighted by molar-refractivity contribution is -0.142. The molecule has 0 saturated carbocycles. The first-order valence-corrected chi connectivity index (χ1v) is 9.89. The monoisotopic (exact) mass is 383 g/mol. The van der Waals surface area contributed by atoms with Gasteiger partial charge in [-0.25, -0.2) is 4.79 Å². The third kappa shape index (κ3) is 4.21. The summed E-state index contributed by atoms with van der Waals surface area (Å²) >= 11 is 0. The molecule has 2 aromatic rings. The number of urea groups is 1. The van der Waals surface area contributed by atoms with Gasteiger partial charge in [0, 0.05) is 30.2 Å². The Hall–Kier alpha value is -2.76. The number of esters is 1. The maximum atomic E-state index is 13.0. The molecule has 6 heteroatoms. The van der Waals surface area contributed by atoms with Gasteiger partial charge in [0.15, 0.2) is 0 Å². The zero-order valence-corrected chi connectivity index (χ0v) is 17.1. The molecule has 1 N–H and O–H groups in total. The van der Waals surface area contributed by atoms with Crippen molar-refractivity contribution in [3.8, 4) is 0 Å². The Morgan fingerprint density at radius 1 is 1.14 bits per heavy atom. The average molecular weight is 383 g/mol. The quantitative estimate of drug-likeness (QED) is 0.789. The van der Waals surface area contributed by atoms with E-state index < -0.39 is 0 Å². The molecular formula is C22H29N3O3. The number of anilines is 1. The number of carbonyl (C=O) groups is 2. The van der Waals surface area contributed by atoms with E-state index in [-0.39, 0.29) is 24.5 Å². The summed E-state index contributed by atoms with van der Waals surface area (Å²) in [5.41, 5.74) is 4.01. The van der Waals surface area contributed by atoms with Gasteiger partial charge >= 0.3 is 12.0 Å². The summed E-state index contributed by atoms with van der Waals surface area (Å²) < 4.78 is 7.27. The van der Waals surface area contributed by atoms with Crippen molar-refractivity contribution in [2.24, 2.45) is 5.92 Å². The van der Waals surface area contributed by atoms with Crippen LogP contribution < -0.4 is 5.32 Å². The first-order chi connectivity index (χ1) is 13.4. The van der Waals surface area contributed by atoms with Gasteiger partial charge in [-0.2, -0.15) is 0 Å². The van der Waals surface area contributed by atoms with Gasteiger partial charge in [0.05, 0.1) is 19.1 Å². The van der Waals surface area contributed by atoms with Gasteiger partial charge in [0.25, 0.3) is 0 Å². The predicted molar refractivity (Wildman–Crippen MR) is 109 cm³/mol. The van der Waals surface area contributed by atoms with Gasteiger partial charge in [-0.15, -0.1) is 0 Å². The molecule has 0 aliphatic carbocycles. The van der Waals surface area contributed by atoms with Crippen molar-refractivity contribution in [2.75, 3.05) is 18.5 Å². The molecular weight excluding hydrogens is 354 g/mol. The lowest BCUT2D eigenvalue weighted by Crippen LogP contribution is -2.46. The van der Waals surface area contributed by atoms with Crippen LogP contribution in [-0.2, 0) is 22.5 Å². The lowest BCUT2D eigenvalue weighted by Gasteiger charge is -2.39. The minimum Gasteiger partial charge on any atom is -0.466 e. The molecule has 0 spiro atoms. The number of nitrogens with one attached hydrogen (secondary N) is 1. The highest BCUT2D eigenvalue weighted by molar-refractivity contribution is 5.89. The molecule has 0 radical (unpaired) electrons. The first-order valence-electron chi connectivity index (χ1n) is 9.89. The predicted octanol–water partition coefficient (Wildman–Crippen LogP) is 4.15.